The van der Waals surface area contributed by atoms with Gasteiger partial charge in [-0.25, -0.2) is 4.79 Å². The molecule has 0 radical (unpaired) electrons. The lowest BCUT2D eigenvalue weighted by Crippen LogP contribution is -2.29. The first kappa shape index (κ1) is 15.1. The third-order valence-electron chi connectivity index (χ3n) is 2.48. The zero-order valence-electron chi connectivity index (χ0n) is 11.4. The average Bonchev–Trinajstić information content (AvgIpc) is 2.40. The average molecular weight is 260 g/mol. The number of carbonyl (C=O) groups excluding carboxylic acids is 1. The predicted octanol–water partition coefficient (Wildman–Crippen LogP) is 2.26. The Bertz CT molecular complexity index is 487. The minimum atomic E-state index is -0.191. The molecule has 4 heteroatoms. The van der Waals surface area contributed by atoms with Crippen LogP contribution in [0.3, 0.4) is 0 Å². The van der Waals surface area contributed by atoms with E-state index in [9.17, 15) is 4.79 Å². The van der Waals surface area contributed by atoms with Gasteiger partial charge in [-0.15, -0.1) is 0 Å². The summed E-state index contributed by atoms with van der Waals surface area (Å²) >= 11 is 0. The lowest BCUT2D eigenvalue weighted by atomic mass is 10.1. The van der Waals surface area contributed by atoms with Crippen molar-refractivity contribution in [3.63, 3.8) is 0 Å². The minimum absolute atomic E-state index is 0.0726. The Kier molecular flexibility index (Phi) is 6.48. The number of hydrogen-bond donors (Lipinski definition) is 3. The van der Waals surface area contributed by atoms with Gasteiger partial charge in [0.25, 0.3) is 0 Å². The second kappa shape index (κ2) is 8.17. The monoisotopic (exact) mass is 260 g/mol. The third kappa shape index (κ3) is 5.45. The molecule has 0 aliphatic heterocycles. The molecule has 102 valence electrons. The van der Waals surface area contributed by atoms with Crippen molar-refractivity contribution in [3.05, 3.63) is 29.3 Å². The number of aliphatic hydroxyl groups is 1. The van der Waals surface area contributed by atoms with Crippen molar-refractivity contribution >= 4 is 11.7 Å². The zero-order chi connectivity index (χ0) is 14.1. The molecule has 1 aromatic carbocycles. The summed E-state index contributed by atoms with van der Waals surface area (Å²) in [4.78, 5) is 11.5. The Balaban J connectivity index is 2.67. The number of aryl methyl sites for hydroxylation is 1. The van der Waals surface area contributed by atoms with Gasteiger partial charge in [0.2, 0.25) is 0 Å². The maximum atomic E-state index is 11.5. The summed E-state index contributed by atoms with van der Waals surface area (Å²) in [6.07, 6.45) is 1.38. The number of carbonyl (C=O) groups is 1. The van der Waals surface area contributed by atoms with Crippen LogP contribution in [0, 0.1) is 18.8 Å². The van der Waals surface area contributed by atoms with Crippen molar-refractivity contribution in [1.29, 1.82) is 0 Å². The van der Waals surface area contributed by atoms with Gasteiger partial charge in [-0.3, -0.25) is 0 Å². The smallest absolute Gasteiger partial charge is 0.319 e. The number of anilines is 1. The van der Waals surface area contributed by atoms with E-state index in [0.717, 1.165) is 23.2 Å². The number of urea groups is 1. The van der Waals surface area contributed by atoms with Crippen LogP contribution in [-0.4, -0.2) is 24.3 Å². The van der Waals surface area contributed by atoms with Gasteiger partial charge >= 0.3 is 6.03 Å². The first-order chi connectivity index (χ1) is 9.17. The molecule has 3 N–H and O–H groups in total. The van der Waals surface area contributed by atoms with Gasteiger partial charge in [-0.1, -0.05) is 18.8 Å². The van der Waals surface area contributed by atoms with E-state index < -0.39 is 0 Å². The topological polar surface area (TPSA) is 61.4 Å². The SMILES string of the molecule is CCCNC(=O)Nc1ccc(C#CCCO)cc1C. The van der Waals surface area contributed by atoms with Gasteiger partial charge < -0.3 is 15.7 Å². The first-order valence-corrected chi connectivity index (χ1v) is 6.42. The Hall–Kier alpha value is -1.99. The number of hydrogen-bond acceptors (Lipinski definition) is 2. The molecule has 0 aromatic heterocycles. The van der Waals surface area contributed by atoms with Crippen molar-refractivity contribution < 1.29 is 9.90 Å². The molecule has 0 aliphatic carbocycles. The zero-order valence-corrected chi connectivity index (χ0v) is 11.4. The fourth-order valence-corrected chi connectivity index (χ4v) is 1.51. The van der Waals surface area contributed by atoms with Crippen LogP contribution in [0.1, 0.15) is 30.9 Å². The van der Waals surface area contributed by atoms with Crippen molar-refractivity contribution in [2.75, 3.05) is 18.5 Å². The van der Waals surface area contributed by atoms with E-state index in [1.807, 2.05) is 32.0 Å². The first-order valence-electron chi connectivity index (χ1n) is 6.42. The van der Waals surface area contributed by atoms with Crippen molar-refractivity contribution in [2.45, 2.75) is 26.7 Å². The number of amides is 2. The molecule has 2 amide bonds. The molecule has 19 heavy (non-hydrogen) atoms. The lowest BCUT2D eigenvalue weighted by Gasteiger charge is -2.09. The maximum Gasteiger partial charge on any atom is 0.319 e. The highest BCUT2D eigenvalue weighted by atomic mass is 16.2. The van der Waals surface area contributed by atoms with Crippen molar-refractivity contribution in [1.82, 2.24) is 5.32 Å². The van der Waals surface area contributed by atoms with Gasteiger partial charge in [0, 0.05) is 24.2 Å². The fraction of sp³-hybridized carbons (Fsp3) is 0.400. The van der Waals surface area contributed by atoms with E-state index >= 15 is 0 Å². The summed E-state index contributed by atoms with van der Waals surface area (Å²) in [5, 5.41) is 14.2. The summed E-state index contributed by atoms with van der Waals surface area (Å²) in [5.41, 5.74) is 2.62. The van der Waals surface area contributed by atoms with Crippen LogP contribution in [0.15, 0.2) is 18.2 Å². The van der Waals surface area contributed by atoms with Crippen LogP contribution >= 0.6 is 0 Å². The van der Waals surface area contributed by atoms with Crippen molar-refractivity contribution in [3.8, 4) is 11.8 Å². The summed E-state index contributed by atoms with van der Waals surface area (Å²) in [5.74, 6) is 5.83. The van der Waals surface area contributed by atoms with Gasteiger partial charge in [0.05, 0.1) is 6.61 Å². The molecule has 0 atom stereocenters. The van der Waals surface area contributed by atoms with Gasteiger partial charge in [0.15, 0.2) is 0 Å². The number of aliphatic hydroxyl groups excluding tert-OH is 1. The number of benzene rings is 1. The molecule has 0 saturated carbocycles. The Morgan fingerprint density at radius 1 is 1.42 bits per heavy atom. The Morgan fingerprint density at radius 2 is 2.21 bits per heavy atom. The van der Waals surface area contributed by atoms with Crippen molar-refractivity contribution in [2.24, 2.45) is 0 Å². The molecule has 1 rings (SSSR count). The normalized spacial score (nSPS) is 9.42. The van der Waals surface area contributed by atoms with E-state index in [-0.39, 0.29) is 12.6 Å². The Labute approximate surface area is 114 Å². The number of rotatable bonds is 4. The molecule has 0 heterocycles. The highest BCUT2D eigenvalue weighted by Gasteiger charge is 2.03. The Morgan fingerprint density at radius 3 is 2.84 bits per heavy atom. The van der Waals surface area contributed by atoms with Gasteiger partial charge in [-0.05, 0) is 37.1 Å². The van der Waals surface area contributed by atoms with E-state index in [1.165, 1.54) is 0 Å². The molecule has 0 bridgehead atoms. The lowest BCUT2D eigenvalue weighted by molar-refractivity contribution is 0.252. The van der Waals surface area contributed by atoms with Gasteiger partial charge in [-0.2, -0.15) is 0 Å². The fourth-order valence-electron chi connectivity index (χ4n) is 1.51. The quantitative estimate of drug-likeness (QED) is 0.727. The largest absolute Gasteiger partial charge is 0.395 e. The summed E-state index contributed by atoms with van der Waals surface area (Å²) < 4.78 is 0. The molecule has 0 aliphatic rings. The summed E-state index contributed by atoms with van der Waals surface area (Å²) in [6, 6.07) is 5.42. The molecule has 0 unspecified atom stereocenters. The minimum Gasteiger partial charge on any atom is -0.395 e. The predicted molar refractivity (Wildman–Crippen MR) is 77.1 cm³/mol. The molecule has 0 spiro atoms. The van der Waals surface area contributed by atoms with Crippen LogP contribution in [0.5, 0.6) is 0 Å². The number of nitrogens with one attached hydrogen (secondary N) is 2. The van der Waals surface area contributed by atoms with Crippen LogP contribution in [0.4, 0.5) is 10.5 Å². The van der Waals surface area contributed by atoms with E-state index in [2.05, 4.69) is 22.5 Å². The highest BCUT2D eigenvalue weighted by molar-refractivity contribution is 5.90. The molecule has 0 fully saturated rings. The van der Waals surface area contributed by atoms with Crippen LogP contribution in [0.2, 0.25) is 0 Å². The summed E-state index contributed by atoms with van der Waals surface area (Å²) in [6.45, 7) is 4.66. The maximum absolute atomic E-state index is 11.5. The van der Waals surface area contributed by atoms with E-state index in [0.29, 0.717) is 13.0 Å². The van der Waals surface area contributed by atoms with E-state index in [1.54, 1.807) is 0 Å². The molecule has 0 saturated heterocycles. The summed E-state index contributed by atoms with van der Waals surface area (Å²) in [7, 11) is 0. The van der Waals surface area contributed by atoms with Crippen LogP contribution < -0.4 is 10.6 Å². The second-order valence-corrected chi connectivity index (χ2v) is 4.19. The molecule has 1 aromatic rings. The third-order valence-corrected chi connectivity index (χ3v) is 2.48. The molecular formula is C15H20N2O2. The standard InChI is InChI=1S/C15H20N2O2/c1-3-9-16-15(19)17-14-8-7-13(11-12(14)2)6-4-5-10-18/h7-8,11,18H,3,5,9-10H2,1-2H3,(H2,16,17,19). The molecule has 4 nitrogen and oxygen atoms in total. The highest BCUT2D eigenvalue weighted by Crippen LogP contribution is 2.15. The van der Waals surface area contributed by atoms with Crippen LogP contribution in [-0.2, 0) is 0 Å². The van der Waals surface area contributed by atoms with Gasteiger partial charge in [0.1, 0.15) is 0 Å². The van der Waals surface area contributed by atoms with Crippen LogP contribution in [0.25, 0.3) is 0 Å². The second-order valence-electron chi connectivity index (χ2n) is 4.19. The van der Waals surface area contributed by atoms with E-state index in [4.69, 9.17) is 5.11 Å². The molecular weight excluding hydrogens is 240 g/mol.